The second-order valence-electron chi connectivity index (χ2n) is 7.86. The van der Waals surface area contributed by atoms with Gasteiger partial charge in [-0.15, -0.1) is 0 Å². The molecule has 2 aliphatic heterocycles. The molecule has 2 heterocycles. The maximum atomic E-state index is 13.2. The standard InChI is InChI=1S/C22H21N5O5S/c1-2-32-21-10-3-15(11-23)22(20(21)12-24)26-17-4-5-18(26)14-25(13-17)33(30,31)19-8-6-16(7-9-19)27(28)29/h3,6-10,17-18H,2,4-5,13-14H2,1H3. The Balaban J connectivity index is 1.67. The highest BCUT2D eigenvalue weighted by Crippen LogP contribution is 2.42. The van der Waals surface area contributed by atoms with E-state index in [1.54, 1.807) is 12.1 Å². The highest BCUT2D eigenvalue weighted by molar-refractivity contribution is 7.89. The maximum absolute atomic E-state index is 13.2. The summed E-state index contributed by atoms with van der Waals surface area (Å²) >= 11 is 0. The van der Waals surface area contributed by atoms with Crippen LogP contribution in [0.15, 0.2) is 41.3 Å². The zero-order valence-electron chi connectivity index (χ0n) is 17.8. The molecule has 2 bridgehead atoms. The number of sulfonamides is 1. The Bertz CT molecular complexity index is 1270. The van der Waals surface area contributed by atoms with Crippen molar-refractivity contribution in [3.8, 4) is 17.9 Å². The molecule has 2 fully saturated rings. The molecule has 2 aromatic carbocycles. The van der Waals surface area contributed by atoms with Crippen LogP contribution in [0.4, 0.5) is 11.4 Å². The monoisotopic (exact) mass is 467 g/mol. The molecule has 2 atom stereocenters. The number of nitriles is 2. The van der Waals surface area contributed by atoms with Gasteiger partial charge < -0.3 is 9.64 Å². The Morgan fingerprint density at radius 2 is 1.73 bits per heavy atom. The molecule has 0 amide bonds. The molecule has 2 saturated heterocycles. The zero-order chi connectivity index (χ0) is 23.8. The van der Waals surface area contributed by atoms with E-state index in [0.29, 0.717) is 36.4 Å². The fraction of sp³-hybridized carbons (Fsp3) is 0.364. The Kier molecular flexibility index (Phi) is 5.93. The predicted octanol–water partition coefficient (Wildman–Crippen LogP) is 2.78. The van der Waals surface area contributed by atoms with E-state index in [-0.39, 0.29) is 41.3 Å². The van der Waals surface area contributed by atoms with Gasteiger partial charge in [0.05, 0.1) is 27.7 Å². The van der Waals surface area contributed by atoms with Gasteiger partial charge in [-0.3, -0.25) is 10.1 Å². The quantitative estimate of drug-likeness (QED) is 0.466. The molecule has 0 spiro atoms. The van der Waals surface area contributed by atoms with Gasteiger partial charge in [0, 0.05) is 37.3 Å². The summed E-state index contributed by atoms with van der Waals surface area (Å²) in [6.07, 6.45) is 1.43. The third-order valence-corrected chi connectivity index (χ3v) is 7.91. The van der Waals surface area contributed by atoms with Crippen molar-refractivity contribution in [3.63, 3.8) is 0 Å². The number of nitro groups is 1. The lowest BCUT2D eigenvalue weighted by molar-refractivity contribution is -0.384. The van der Waals surface area contributed by atoms with Crippen molar-refractivity contribution in [2.45, 2.75) is 36.7 Å². The Morgan fingerprint density at radius 3 is 2.24 bits per heavy atom. The summed E-state index contributed by atoms with van der Waals surface area (Å²) in [6, 6.07) is 12.0. The lowest BCUT2D eigenvalue weighted by atomic mass is 10.0. The number of ether oxygens (including phenoxy) is 1. The van der Waals surface area contributed by atoms with E-state index in [1.165, 1.54) is 28.6 Å². The lowest BCUT2D eigenvalue weighted by Crippen LogP contribution is -2.55. The largest absolute Gasteiger partial charge is 0.492 e. The molecule has 33 heavy (non-hydrogen) atoms. The van der Waals surface area contributed by atoms with Gasteiger partial charge in [0.2, 0.25) is 10.0 Å². The van der Waals surface area contributed by atoms with Crippen LogP contribution in [0.25, 0.3) is 0 Å². The highest BCUT2D eigenvalue weighted by atomic mass is 32.2. The fourth-order valence-electron chi connectivity index (χ4n) is 4.63. The van der Waals surface area contributed by atoms with E-state index < -0.39 is 14.9 Å². The van der Waals surface area contributed by atoms with Gasteiger partial charge in [0.25, 0.3) is 5.69 Å². The number of hydrogen-bond donors (Lipinski definition) is 0. The third kappa shape index (κ3) is 3.86. The van der Waals surface area contributed by atoms with E-state index in [2.05, 4.69) is 12.1 Å². The van der Waals surface area contributed by atoms with Gasteiger partial charge in [-0.05, 0) is 44.0 Å². The molecular formula is C22H21N5O5S. The number of anilines is 1. The number of non-ortho nitro benzene ring substituents is 1. The van der Waals surface area contributed by atoms with E-state index >= 15 is 0 Å². The molecule has 11 heteroatoms. The minimum absolute atomic E-state index is 0.00489. The molecule has 2 unspecified atom stereocenters. The summed E-state index contributed by atoms with van der Waals surface area (Å²) < 4.78 is 33.4. The first-order valence-corrected chi connectivity index (χ1v) is 11.9. The van der Waals surface area contributed by atoms with Crippen molar-refractivity contribution < 1.29 is 18.1 Å². The molecule has 2 aliphatic rings. The van der Waals surface area contributed by atoms with Gasteiger partial charge in [-0.25, -0.2) is 8.42 Å². The Hall–Kier alpha value is -3.67. The number of nitro benzene ring substituents is 1. The first kappa shape index (κ1) is 22.5. The zero-order valence-corrected chi connectivity index (χ0v) is 18.7. The third-order valence-electron chi connectivity index (χ3n) is 6.06. The van der Waals surface area contributed by atoms with Crippen LogP contribution in [0, 0.1) is 32.8 Å². The van der Waals surface area contributed by atoms with Crippen molar-refractivity contribution >= 4 is 21.4 Å². The molecule has 2 aromatic rings. The average Bonchev–Trinajstić information content (AvgIpc) is 3.06. The van der Waals surface area contributed by atoms with Crippen LogP contribution < -0.4 is 9.64 Å². The summed E-state index contributed by atoms with van der Waals surface area (Å²) in [5.74, 6) is 0.398. The molecule has 0 radical (unpaired) electrons. The van der Waals surface area contributed by atoms with Crippen LogP contribution in [0.2, 0.25) is 0 Å². The molecule has 10 nitrogen and oxygen atoms in total. The highest BCUT2D eigenvalue weighted by Gasteiger charge is 2.45. The summed E-state index contributed by atoms with van der Waals surface area (Å²) in [4.78, 5) is 12.3. The summed E-state index contributed by atoms with van der Waals surface area (Å²) in [7, 11) is -3.85. The number of nitrogens with zero attached hydrogens (tertiary/aromatic N) is 5. The van der Waals surface area contributed by atoms with Crippen LogP contribution in [0.3, 0.4) is 0 Å². The topological polar surface area (TPSA) is 141 Å². The molecule has 0 saturated carbocycles. The van der Waals surface area contributed by atoms with Crippen molar-refractivity contribution in [2.75, 3.05) is 24.6 Å². The molecule has 0 aromatic heterocycles. The second-order valence-corrected chi connectivity index (χ2v) is 9.79. The van der Waals surface area contributed by atoms with Crippen molar-refractivity contribution in [1.29, 1.82) is 10.5 Å². The summed E-state index contributed by atoms with van der Waals surface area (Å²) in [6.45, 7) is 2.55. The van der Waals surface area contributed by atoms with Gasteiger partial charge in [-0.2, -0.15) is 14.8 Å². The van der Waals surface area contributed by atoms with Crippen LogP contribution in [0.1, 0.15) is 30.9 Å². The first-order chi connectivity index (χ1) is 15.8. The lowest BCUT2D eigenvalue weighted by Gasteiger charge is -2.42. The molecule has 0 N–H and O–H groups in total. The summed E-state index contributed by atoms with van der Waals surface area (Å²) in [5.41, 5.74) is 0.935. The maximum Gasteiger partial charge on any atom is 0.269 e. The fourth-order valence-corrected chi connectivity index (χ4v) is 6.14. The first-order valence-electron chi connectivity index (χ1n) is 10.4. The number of piperazine rings is 1. The Morgan fingerprint density at radius 1 is 1.09 bits per heavy atom. The number of rotatable bonds is 6. The van der Waals surface area contributed by atoms with E-state index in [9.17, 15) is 29.1 Å². The number of benzene rings is 2. The van der Waals surface area contributed by atoms with Crippen molar-refractivity contribution in [2.24, 2.45) is 0 Å². The van der Waals surface area contributed by atoms with Crippen LogP contribution in [-0.4, -0.2) is 49.4 Å². The van der Waals surface area contributed by atoms with Crippen LogP contribution in [-0.2, 0) is 10.0 Å². The minimum atomic E-state index is -3.85. The molecule has 4 rings (SSSR count). The molecular weight excluding hydrogens is 446 g/mol. The number of hydrogen-bond acceptors (Lipinski definition) is 8. The van der Waals surface area contributed by atoms with E-state index in [1.807, 2.05) is 11.8 Å². The number of fused-ring (bicyclic) bond motifs is 2. The van der Waals surface area contributed by atoms with Crippen molar-refractivity contribution in [3.05, 3.63) is 57.6 Å². The predicted molar refractivity (Wildman–Crippen MR) is 118 cm³/mol. The van der Waals surface area contributed by atoms with Gasteiger partial charge in [-0.1, -0.05) is 0 Å². The normalized spacial score (nSPS) is 20.2. The smallest absolute Gasteiger partial charge is 0.269 e. The SMILES string of the molecule is CCOc1ccc(C#N)c(N2C3CCC2CN(S(=O)(=O)c2ccc([N+](=O)[O-])cc2)C3)c1C#N. The second kappa shape index (κ2) is 8.70. The Labute approximate surface area is 191 Å². The van der Waals surface area contributed by atoms with Gasteiger partial charge >= 0.3 is 0 Å². The van der Waals surface area contributed by atoms with Gasteiger partial charge in [0.1, 0.15) is 23.5 Å². The van der Waals surface area contributed by atoms with E-state index in [0.717, 1.165) is 0 Å². The minimum Gasteiger partial charge on any atom is -0.492 e. The van der Waals surface area contributed by atoms with Crippen molar-refractivity contribution in [1.82, 2.24) is 4.31 Å². The van der Waals surface area contributed by atoms with Crippen LogP contribution >= 0.6 is 0 Å². The van der Waals surface area contributed by atoms with E-state index in [4.69, 9.17) is 4.74 Å². The average molecular weight is 468 g/mol. The van der Waals surface area contributed by atoms with Gasteiger partial charge in [0.15, 0.2) is 0 Å². The molecule has 0 aliphatic carbocycles. The molecule has 170 valence electrons. The summed E-state index contributed by atoms with van der Waals surface area (Å²) in [5, 5.41) is 30.4. The van der Waals surface area contributed by atoms with Crippen LogP contribution in [0.5, 0.6) is 5.75 Å².